The molecule has 0 aliphatic heterocycles. The highest BCUT2D eigenvalue weighted by Crippen LogP contribution is 2.18. The molecule has 0 unspecified atom stereocenters. The molecule has 2 nitrogen and oxygen atoms in total. The third-order valence-electron chi connectivity index (χ3n) is 2.28. The lowest BCUT2D eigenvalue weighted by atomic mass is 10.1. The van der Waals surface area contributed by atoms with Crippen molar-refractivity contribution in [1.29, 1.82) is 5.26 Å². The SMILES string of the molecule is CC(C)CCOCc1ccc(C#N)cc1Cl. The molecule has 0 radical (unpaired) electrons. The van der Waals surface area contributed by atoms with E-state index in [2.05, 4.69) is 19.9 Å². The Kier molecular flexibility index (Phi) is 5.31. The molecule has 0 aliphatic rings. The number of rotatable bonds is 5. The summed E-state index contributed by atoms with van der Waals surface area (Å²) >= 11 is 6.02. The molecule has 1 aromatic rings. The van der Waals surface area contributed by atoms with Crippen LogP contribution in [-0.4, -0.2) is 6.61 Å². The number of benzene rings is 1. The lowest BCUT2D eigenvalue weighted by Gasteiger charge is -2.07. The number of hydrogen-bond acceptors (Lipinski definition) is 2. The Hall–Kier alpha value is -1.04. The zero-order chi connectivity index (χ0) is 12.0. The number of nitriles is 1. The average Bonchev–Trinajstić information content (AvgIpc) is 2.25. The topological polar surface area (TPSA) is 33.0 Å². The van der Waals surface area contributed by atoms with E-state index >= 15 is 0 Å². The van der Waals surface area contributed by atoms with Crippen molar-refractivity contribution >= 4 is 11.6 Å². The number of hydrogen-bond donors (Lipinski definition) is 0. The second-order valence-corrected chi connectivity index (χ2v) is 4.56. The Bertz CT molecular complexity index is 382. The molecule has 16 heavy (non-hydrogen) atoms. The molecular weight excluding hydrogens is 222 g/mol. The summed E-state index contributed by atoms with van der Waals surface area (Å²) in [7, 11) is 0. The van der Waals surface area contributed by atoms with Gasteiger partial charge in [0.2, 0.25) is 0 Å². The normalized spacial score (nSPS) is 10.4. The molecule has 0 saturated carbocycles. The van der Waals surface area contributed by atoms with Crippen molar-refractivity contribution in [2.24, 2.45) is 5.92 Å². The van der Waals surface area contributed by atoms with Gasteiger partial charge in [-0.1, -0.05) is 31.5 Å². The van der Waals surface area contributed by atoms with Crippen LogP contribution in [0.1, 0.15) is 31.4 Å². The molecule has 0 heterocycles. The van der Waals surface area contributed by atoms with Gasteiger partial charge in [0.15, 0.2) is 0 Å². The summed E-state index contributed by atoms with van der Waals surface area (Å²) in [5.41, 5.74) is 1.51. The van der Waals surface area contributed by atoms with E-state index in [1.165, 1.54) is 0 Å². The summed E-state index contributed by atoms with van der Waals surface area (Å²) in [6, 6.07) is 7.32. The van der Waals surface area contributed by atoms with E-state index in [9.17, 15) is 0 Å². The van der Waals surface area contributed by atoms with Crippen molar-refractivity contribution in [3.05, 3.63) is 34.3 Å². The molecule has 86 valence electrons. The van der Waals surface area contributed by atoms with Crippen LogP contribution >= 0.6 is 11.6 Å². The van der Waals surface area contributed by atoms with Crippen LogP contribution < -0.4 is 0 Å². The molecule has 0 aromatic heterocycles. The number of ether oxygens (including phenoxy) is 1. The quantitative estimate of drug-likeness (QED) is 0.731. The van der Waals surface area contributed by atoms with Crippen molar-refractivity contribution in [2.75, 3.05) is 6.61 Å². The minimum Gasteiger partial charge on any atom is -0.377 e. The standard InChI is InChI=1S/C13H16ClNO/c1-10(2)5-6-16-9-12-4-3-11(8-15)7-13(12)14/h3-4,7,10H,5-6,9H2,1-2H3. The summed E-state index contributed by atoms with van der Waals surface area (Å²) < 4.78 is 5.52. The number of halogens is 1. The van der Waals surface area contributed by atoms with E-state index in [0.717, 1.165) is 18.6 Å². The zero-order valence-corrected chi connectivity index (χ0v) is 10.4. The van der Waals surface area contributed by atoms with Crippen molar-refractivity contribution in [3.8, 4) is 6.07 Å². The van der Waals surface area contributed by atoms with Crippen molar-refractivity contribution in [2.45, 2.75) is 26.9 Å². The first kappa shape index (κ1) is 13.0. The first-order chi connectivity index (χ1) is 7.63. The molecule has 3 heteroatoms. The lowest BCUT2D eigenvalue weighted by Crippen LogP contribution is -1.99. The summed E-state index contributed by atoms with van der Waals surface area (Å²) in [4.78, 5) is 0. The molecule has 1 aromatic carbocycles. The largest absolute Gasteiger partial charge is 0.377 e. The second kappa shape index (κ2) is 6.52. The lowest BCUT2D eigenvalue weighted by molar-refractivity contribution is 0.111. The molecule has 0 bridgehead atoms. The zero-order valence-electron chi connectivity index (χ0n) is 9.66. The predicted molar refractivity (Wildman–Crippen MR) is 65.3 cm³/mol. The van der Waals surface area contributed by atoms with Gasteiger partial charge in [-0.05, 0) is 30.0 Å². The van der Waals surface area contributed by atoms with Gasteiger partial charge in [-0.15, -0.1) is 0 Å². The van der Waals surface area contributed by atoms with Crippen molar-refractivity contribution < 1.29 is 4.74 Å². The Morgan fingerprint density at radius 3 is 2.75 bits per heavy atom. The van der Waals surface area contributed by atoms with Gasteiger partial charge in [-0.2, -0.15) is 5.26 Å². The van der Waals surface area contributed by atoms with E-state index in [1.807, 2.05) is 6.07 Å². The summed E-state index contributed by atoms with van der Waals surface area (Å²) in [6.07, 6.45) is 1.05. The molecule has 1 rings (SSSR count). The fraction of sp³-hybridized carbons (Fsp3) is 0.462. The monoisotopic (exact) mass is 237 g/mol. The maximum absolute atomic E-state index is 8.69. The third kappa shape index (κ3) is 4.22. The maximum Gasteiger partial charge on any atom is 0.0992 e. The molecular formula is C13H16ClNO. The smallest absolute Gasteiger partial charge is 0.0992 e. The first-order valence-electron chi connectivity index (χ1n) is 5.39. The molecule has 0 amide bonds. The van der Waals surface area contributed by atoms with Crippen LogP contribution in [-0.2, 0) is 11.3 Å². The van der Waals surface area contributed by atoms with Gasteiger partial charge in [0.05, 0.1) is 18.2 Å². The van der Waals surface area contributed by atoms with Crippen LogP contribution in [0.4, 0.5) is 0 Å². The highest BCUT2D eigenvalue weighted by Gasteiger charge is 2.02. The van der Waals surface area contributed by atoms with Gasteiger partial charge in [0, 0.05) is 11.6 Å². The first-order valence-corrected chi connectivity index (χ1v) is 5.77. The molecule has 0 atom stereocenters. The van der Waals surface area contributed by atoms with Gasteiger partial charge < -0.3 is 4.74 Å². The number of nitrogens with zero attached hydrogens (tertiary/aromatic N) is 1. The van der Waals surface area contributed by atoms with E-state index in [1.54, 1.807) is 12.1 Å². The minimum atomic E-state index is 0.511. The second-order valence-electron chi connectivity index (χ2n) is 4.15. The van der Waals surface area contributed by atoms with Crippen LogP contribution in [0.25, 0.3) is 0 Å². The van der Waals surface area contributed by atoms with E-state index in [0.29, 0.717) is 23.1 Å². The molecule has 0 saturated heterocycles. The molecule has 0 fully saturated rings. The van der Waals surface area contributed by atoms with Gasteiger partial charge in [0.1, 0.15) is 0 Å². The minimum absolute atomic E-state index is 0.511. The summed E-state index contributed by atoms with van der Waals surface area (Å²) in [5, 5.41) is 9.29. The van der Waals surface area contributed by atoms with Crippen molar-refractivity contribution in [1.82, 2.24) is 0 Å². The van der Waals surface area contributed by atoms with E-state index in [-0.39, 0.29) is 0 Å². The third-order valence-corrected chi connectivity index (χ3v) is 2.63. The Balaban J connectivity index is 2.46. The van der Waals surface area contributed by atoms with Gasteiger partial charge >= 0.3 is 0 Å². The average molecular weight is 238 g/mol. The fourth-order valence-corrected chi connectivity index (χ4v) is 1.47. The van der Waals surface area contributed by atoms with Crippen molar-refractivity contribution in [3.63, 3.8) is 0 Å². The molecule has 0 aliphatic carbocycles. The fourth-order valence-electron chi connectivity index (χ4n) is 1.24. The van der Waals surface area contributed by atoms with Gasteiger partial charge in [0.25, 0.3) is 0 Å². The van der Waals surface area contributed by atoms with Crippen LogP contribution in [0.15, 0.2) is 18.2 Å². The van der Waals surface area contributed by atoms with Gasteiger partial charge in [-0.25, -0.2) is 0 Å². The van der Waals surface area contributed by atoms with Gasteiger partial charge in [-0.3, -0.25) is 0 Å². The van der Waals surface area contributed by atoms with E-state index < -0.39 is 0 Å². The summed E-state index contributed by atoms with van der Waals surface area (Å²) in [5.74, 6) is 0.649. The predicted octanol–water partition coefficient (Wildman–Crippen LogP) is 3.77. The Morgan fingerprint density at radius 2 is 2.19 bits per heavy atom. The molecule has 0 spiro atoms. The highest BCUT2D eigenvalue weighted by atomic mass is 35.5. The summed E-state index contributed by atoms with van der Waals surface area (Å²) in [6.45, 7) is 5.58. The Morgan fingerprint density at radius 1 is 1.44 bits per heavy atom. The highest BCUT2D eigenvalue weighted by molar-refractivity contribution is 6.31. The van der Waals surface area contributed by atoms with Crippen LogP contribution in [0.3, 0.4) is 0 Å². The van der Waals surface area contributed by atoms with Crippen LogP contribution in [0.5, 0.6) is 0 Å². The van der Waals surface area contributed by atoms with Crippen LogP contribution in [0.2, 0.25) is 5.02 Å². The maximum atomic E-state index is 8.69. The Labute approximate surface area is 102 Å². The van der Waals surface area contributed by atoms with E-state index in [4.69, 9.17) is 21.6 Å². The molecule has 0 N–H and O–H groups in total. The van der Waals surface area contributed by atoms with Crippen LogP contribution in [0, 0.1) is 17.2 Å².